The van der Waals surface area contributed by atoms with Crippen molar-refractivity contribution in [2.24, 2.45) is 0 Å². The minimum atomic E-state index is -0.814. The van der Waals surface area contributed by atoms with Crippen LogP contribution in [0.15, 0.2) is 75.0 Å². The van der Waals surface area contributed by atoms with Crippen LogP contribution >= 0.6 is 0 Å². The number of hydrogen-bond acceptors (Lipinski definition) is 6. The van der Waals surface area contributed by atoms with Gasteiger partial charge in [-0.25, -0.2) is 4.79 Å². The average Bonchev–Trinajstić information content (AvgIpc) is 2.83. The maximum absolute atomic E-state index is 13.7. The van der Waals surface area contributed by atoms with Gasteiger partial charge in [0.15, 0.2) is 5.69 Å². The minimum Gasteiger partial charge on any atom is -0.383 e. The summed E-state index contributed by atoms with van der Waals surface area (Å²) < 4.78 is 6.33. The highest BCUT2D eigenvalue weighted by Gasteiger charge is 2.26. The van der Waals surface area contributed by atoms with Gasteiger partial charge in [-0.1, -0.05) is 48.5 Å². The number of para-hydroxylation sites is 1. The van der Waals surface area contributed by atoms with Gasteiger partial charge >= 0.3 is 5.69 Å². The van der Waals surface area contributed by atoms with Crippen LogP contribution in [0.1, 0.15) is 15.9 Å². The summed E-state index contributed by atoms with van der Waals surface area (Å²) in [5, 5.41) is 0.502. The molecule has 1 amide bonds. The van der Waals surface area contributed by atoms with Gasteiger partial charge in [-0.15, -0.1) is 0 Å². The Morgan fingerprint density at radius 2 is 1.74 bits per heavy atom. The molecule has 0 aliphatic carbocycles. The molecule has 4 N–H and O–H groups in total. The number of aromatic nitrogens is 3. The van der Waals surface area contributed by atoms with E-state index in [1.165, 1.54) is 17.7 Å². The van der Waals surface area contributed by atoms with Crippen LogP contribution in [0.5, 0.6) is 0 Å². The summed E-state index contributed by atoms with van der Waals surface area (Å²) in [7, 11) is 1.45. The van der Waals surface area contributed by atoms with E-state index in [9.17, 15) is 19.2 Å². The Hall–Kier alpha value is -4.44. The maximum Gasteiger partial charge on any atom is 0.330 e. The molecule has 34 heavy (non-hydrogen) atoms. The Morgan fingerprint density at radius 3 is 2.47 bits per heavy atom. The van der Waals surface area contributed by atoms with Crippen LogP contribution in [0.25, 0.3) is 10.9 Å². The van der Waals surface area contributed by atoms with E-state index < -0.39 is 22.7 Å². The lowest BCUT2D eigenvalue weighted by molar-refractivity contribution is 0.0977. The molecule has 2 aromatic heterocycles. The standard InChI is InChI=1S/C24H23N5O5/c1-34-12-11-28(23(32)17-13-19(30)26-18-10-6-5-9-16(17)18)20-21(25)29(24(33)27-22(20)31)14-15-7-3-2-4-8-15/h2-10,13H,11-12,14,25H2,1H3,(H,26,30)(H,27,31,33). The topological polar surface area (TPSA) is 143 Å². The lowest BCUT2D eigenvalue weighted by atomic mass is 10.1. The summed E-state index contributed by atoms with van der Waals surface area (Å²) in [4.78, 5) is 57.5. The first-order valence-corrected chi connectivity index (χ1v) is 10.5. The number of nitrogens with two attached hydrogens (primary N) is 1. The number of carbonyl (C=O) groups excluding carboxylic acids is 1. The summed E-state index contributed by atoms with van der Waals surface area (Å²) in [5.74, 6) is -0.794. The van der Waals surface area contributed by atoms with Gasteiger partial charge in [-0.2, -0.15) is 0 Å². The predicted molar refractivity (Wildman–Crippen MR) is 129 cm³/mol. The summed E-state index contributed by atoms with van der Waals surface area (Å²) >= 11 is 0. The molecule has 10 nitrogen and oxygen atoms in total. The van der Waals surface area contributed by atoms with Gasteiger partial charge in [-0.05, 0) is 11.6 Å². The molecule has 0 radical (unpaired) electrons. The number of anilines is 2. The number of ether oxygens (including phenoxy) is 1. The molecule has 10 heteroatoms. The molecule has 0 aliphatic heterocycles. The summed E-state index contributed by atoms with van der Waals surface area (Å²) in [5.41, 5.74) is 5.48. The first kappa shape index (κ1) is 22.7. The number of amides is 1. The van der Waals surface area contributed by atoms with Crippen LogP contribution < -0.4 is 27.4 Å². The fraction of sp³-hybridized carbons (Fsp3) is 0.167. The number of aromatic amines is 2. The van der Waals surface area contributed by atoms with Crippen LogP contribution in [-0.2, 0) is 11.3 Å². The number of rotatable bonds is 7. The second kappa shape index (κ2) is 9.59. The SMILES string of the molecule is COCCN(C(=O)c1cc(=O)[nH]c2ccccc12)c1c(N)n(Cc2ccccc2)c(=O)[nH]c1=O. The van der Waals surface area contributed by atoms with E-state index in [0.29, 0.717) is 10.9 Å². The first-order valence-electron chi connectivity index (χ1n) is 10.5. The zero-order valence-corrected chi connectivity index (χ0v) is 18.4. The van der Waals surface area contributed by atoms with Crippen molar-refractivity contribution < 1.29 is 9.53 Å². The Kier molecular flexibility index (Phi) is 6.42. The van der Waals surface area contributed by atoms with Gasteiger partial charge in [0.05, 0.1) is 18.7 Å². The molecule has 0 atom stereocenters. The Morgan fingerprint density at radius 1 is 1.03 bits per heavy atom. The number of carbonyl (C=O) groups is 1. The van der Waals surface area contributed by atoms with Gasteiger partial charge in [0, 0.05) is 30.6 Å². The van der Waals surface area contributed by atoms with E-state index in [-0.39, 0.29) is 36.8 Å². The first-order chi connectivity index (χ1) is 16.4. The highest BCUT2D eigenvalue weighted by Crippen LogP contribution is 2.23. The fourth-order valence-electron chi connectivity index (χ4n) is 3.79. The van der Waals surface area contributed by atoms with Gasteiger partial charge < -0.3 is 15.5 Å². The van der Waals surface area contributed by atoms with E-state index in [0.717, 1.165) is 10.5 Å². The van der Waals surface area contributed by atoms with E-state index in [1.807, 2.05) is 30.3 Å². The lowest BCUT2D eigenvalue weighted by Gasteiger charge is -2.25. The number of hydrogen-bond donors (Lipinski definition) is 3. The molecule has 2 heterocycles. The fourth-order valence-corrected chi connectivity index (χ4v) is 3.79. The molecule has 0 fully saturated rings. The molecule has 0 aliphatic rings. The molecule has 0 saturated heterocycles. The van der Waals surface area contributed by atoms with E-state index in [2.05, 4.69) is 9.97 Å². The summed E-state index contributed by atoms with van der Waals surface area (Å²) in [6.07, 6.45) is 0. The number of fused-ring (bicyclic) bond motifs is 1. The number of nitrogens with one attached hydrogen (secondary N) is 2. The summed E-state index contributed by atoms with van der Waals surface area (Å²) in [6, 6.07) is 17.1. The van der Waals surface area contributed by atoms with Gasteiger partial charge in [0.1, 0.15) is 5.82 Å². The second-order valence-corrected chi connectivity index (χ2v) is 7.61. The number of pyridine rings is 1. The van der Waals surface area contributed by atoms with Crippen molar-refractivity contribution in [3.8, 4) is 0 Å². The highest BCUT2D eigenvalue weighted by molar-refractivity contribution is 6.14. The van der Waals surface area contributed by atoms with Crippen molar-refractivity contribution in [2.45, 2.75) is 6.54 Å². The van der Waals surface area contributed by atoms with Crippen molar-refractivity contribution in [1.29, 1.82) is 0 Å². The predicted octanol–water partition coefficient (Wildman–Crippen LogP) is 1.30. The minimum absolute atomic E-state index is 0.0344. The number of nitrogen functional groups attached to an aromatic ring is 1. The molecule has 0 spiro atoms. The van der Waals surface area contributed by atoms with Crippen LogP contribution in [0, 0.1) is 0 Å². The maximum atomic E-state index is 13.7. The Balaban J connectivity index is 1.88. The van der Waals surface area contributed by atoms with Gasteiger partial charge in [0.25, 0.3) is 11.5 Å². The van der Waals surface area contributed by atoms with Crippen molar-refractivity contribution in [3.63, 3.8) is 0 Å². The normalized spacial score (nSPS) is 11.0. The van der Waals surface area contributed by atoms with Crippen LogP contribution in [0.2, 0.25) is 0 Å². The third kappa shape index (κ3) is 4.39. The largest absolute Gasteiger partial charge is 0.383 e. The molecule has 4 aromatic rings. The lowest BCUT2D eigenvalue weighted by Crippen LogP contribution is -2.43. The molecule has 2 aromatic carbocycles. The molecule has 0 bridgehead atoms. The molecule has 0 saturated carbocycles. The number of H-pyrrole nitrogens is 2. The van der Waals surface area contributed by atoms with Gasteiger partial charge in [0.2, 0.25) is 5.56 Å². The van der Waals surface area contributed by atoms with E-state index >= 15 is 0 Å². The van der Waals surface area contributed by atoms with Crippen molar-refractivity contribution >= 4 is 28.3 Å². The number of methoxy groups -OCH3 is 1. The molecule has 0 unspecified atom stereocenters. The third-order valence-corrected chi connectivity index (χ3v) is 5.41. The molecule has 174 valence electrons. The van der Waals surface area contributed by atoms with Crippen molar-refractivity contribution in [3.05, 3.63) is 103 Å². The smallest absolute Gasteiger partial charge is 0.330 e. The van der Waals surface area contributed by atoms with Crippen molar-refractivity contribution in [2.75, 3.05) is 30.9 Å². The van der Waals surface area contributed by atoms with Crippen molar-refractivity contribution in [1.82, 2.24) is 14.5 Å². The molecular weight excluding hydrogens is 438 g/mol. The van der Waals surface area contributed by atoms with Crippen LogP contribution in [0.3, 0.4) is 0 Å². The average molecular weight is 461 g/mol. The third-order valence-electron chi connectivity index (χ3n) is 5.41. The summed E-state index contributed by atoms with van der Waals surface area (Å²) in [6.45, 7) is 0.145. The van der Waals surface area contributed by atoms with Gasteiger partial charge in [-0.3, -0.25) is 28.8 Å². The molecular formula is C24H23N5O5. The highest BCUT2D eigenvalue weighted by atomic mass is 16.5. The Labute approximate surface area is 193 Å². The molecule has 4 rings (SSSR count). The number of benzene rings is 2. The van der Waals surface area contributed by atoms with E-state index in [4.69, 9.17) is 10.5 Å². The zero-order chi connectivity index (χ0) is 24.2. The van der Waals surface area contributed by atoms with Crippen LogP contribution in [-0.4, -0.2) is 40.7 Å². The quantitative estimate of drug-likeness (QED) is 0.379. The second-order valence-electron chi connectivity index (χ2n) is 7.61. The van der Waals surface area contributed by atoms with E-state index in [1.54, 1.807) is 24.3 Å². The van der Waals surface area contributed by atoms with Crippen LogP contribution in [0.4, 0.5) is 11.5 Å². The monoisotopic (exact) mass is 461 g/mol. The Bertz CT molecular complexity index is 1520. The zero-order valence-electron chi connectivity index (χ0n) is 18.4. The number of nitrogens with zero attached hydrogens (tertiary/aromatic N) is 2.